The van der Waals surface area contributed by atoms with E-state index in [-0.39, 0.29) is 13.2 Å². The average molecular weight is 240 g/mol. The molecule has 0 unspecified atom stereocenters. The maximum atomic E-state index is 8.82. The summed E-state index contributed by atoms with van der Waals surface area (Å²) in [6, 6.07) is 5.79. The number of rotatable bonds is 8. The highest BCUT2D eigenvalue weighted by Crippen LogP contribution is 2.25. The molecule has 0 aliphatic rings. The number of hydrogen-bond donors (Lipinski definition) is 4. The van der Waals surface area contributed by atoms with E-state index < -0.39 is 0 Å². The van der Waals surface area contributed by atoms with Gasteiger partial charge in [-0.1, -0.05) is 6.07 Å². The Labute approximate surface area is 101 Å². The van der Waals surface area contributed by atoms with Crippen molar-refractivity contribution in [2.45, 2.75) is 6.61 Å². The van der Waals surface area contributed by atoms with Crippen LogP contribution in [0.25, 0.3) is 0 Å². The van der Waals surface area contributed by atoms with Gasteiger partial charge in [-0.05, 0) is 12.1 Å². The van der Waals surface area contributed by atoms with E-state index in [0.717, 1.165) is 16.9 Å². The van der Waals surface area contributed by atoms with E-state index >= 15 is 0 Å². The lowest BCUT2D eigenvalue weighted by Gasteiger charge is -2.16. The number of aliphatic hydroxyl groups is 2. The second kappa shape index (κ2) is 7.89. The van der Waals surface area contributed by atoms with Gasteiger partial charge in [0, 0.05) is 37.1 Å². The molecule has 0 bridgehead atoms. The van der Waals surface area contributed by atoms with Crippen LogP contribution in [-0.4, -0.2) is 43.6 Å². The Morgan fingerprint density at radius 2 is 1.59 bits per heavy atom. The maximum Gasteiger partial charge on any atom is 0.0753 e. The minimum atomic E-state index is 0.0840. The van der Waals surface area contributed by atoms with Crippen LogP contribution in [0.1, 0.15) is 5.56 Å². The Morgan fingerprint density at radius 3 is 2.00 bits per heavy atom. The summed E-state index contributed by atoms with van der Waals surface area (Å²) in [5.41, 5.74) is 2.87. The largest absolute Gasteiger partial charge is 0.395 e. The Kier molecular flexibility index (Phi) is 6.39. The molecule has 96 valence electrons. The van der Waals surface area contributed by atoms with Gasteiger partial charge < -0.3 is 25.6 Å². The quantitative estimate of drug-likeness (QED) is 0.537. The van der Waals surface area contributed by atoms with Crippen LogP contribution in [0.5, 0.6) is 0 Å². The molecule has 4 N–H and O–H groups in total. The fourth-order valence-electron chi connectivity index (χ4n) is 1.60. The van der Waals surface area contributed by atoms with E-state index in [1.165, 1.54) is 0 Å². The highest BCUT2D eigenvalue weighted by molar-refractivity contribution is 5.65. The molecule has 0 aliphatic carbocycles. The van der Waals surface area contributed by atoms with Crippen LogP contribution in [0.2, 0.25) is 0 Å². The van der Waals surface area contributed by atoms with Crippen LogP contribution in [0, 0.1) is 0 Å². The number of anilines is 2. The van der Waals surface area contributed by atoms with Crippen molar-refractivity contribution in [1.82, 2.24) is 0 Å². The Morgan fingerprint density at radius 1 is 1.06 bits per heavy atom. The number of hydrogen-bond acceptors (Lipinski definition) is 5. The number of ether oxygens (including phenoxy) is 1. The summed E-state index contributed by atoms with van der Waals surface area (Å²) < 4.78 is 5.16. The third kappa shape index (κ3) is 4.22. The normalized spacial score (nSPS) is 10.3. The number of methoxy groups -OCH3 is 1. The molecule has 0 aromatic heterocycles. The van der Waals surface area contributed by atoms with Crippen LogP contribution >= 0.6 is 0 Å². The predicted octanol–water partition coefficient (Wildman–Crippen LogP) is 0.641. The lowest BCUT2D eigenvalue weighted by molar-refractivity contribution is 0.185. The molecular formula is C12H20N2O3. The highest BCUT2D eigenvalue weighted by atomic mass is 16.5. The third-order valence-electron chi connectivity index (χ3n) is 2.32. The summed E-state index contributed by atoms with van der Waals surface area (Å²) in [5, 5.41) is 23.9. The molecule has 5 heteroatoms. The smallest absolute Gasteiger partial charge is 0.0753 e. The second-order valence-corrected chi connectivity index (χ2v) is 3.57. The van der Waals surface area contributed by atoms with Crippen LogP contribution in [0.3, 0.4) is 0 Å². The molecule has 0 radical (unpaired) electrons. The lowest BCUT2D eigenvalue weighted by Crippen LogP contribution is -2.12. The fraction of sp³-hybridized carbons (Fsp3) is 0.500. The zero-order valence-electron chi connectivity index (χ0n) is 10.1. The van der Waals surface area contributed by atoms with E-state index in [2.05, 4.69) is 10.6 Å². The standard InChI is InChI=1S/C12H20N2O3/c1-17-9-10-11(13-5-7-15)3-2-4-12(10)14-6-8-16/h2-4,13-16H,5-9H2,1H3. The minimum absolute atomic E-state index is 0.0840. The van der Waals surface area contributed by atoms with E-state index in [1.54, 1.807) is 7.11 Å². The van der Waals surface area contributed by atoms with Gasteiger partial charge in [-0.3, -0.25) is 0 Å². The summed E-state index contributed by atoms with van der Waals surface area (Å²) >= 11 is 0. The summed E-state index contributed by atoms with van der Waals surface area (Å²) in [6.07, 6.45) is 0. The zero-order valence-corrected chi connectivity index (χ0v) is 10.1. The first kappa shape index (κ1) is 13.8. The third-order valence-corrected chi connectivity index (χ3v) is 2.32. The summed E-state index contributed by atoms with van der Waals surface area (Å²) in [4.78, 5) is 0. The van der Waals surface area contributed by atoms with Gasteiger partial charge in [0.05, 0.1) is 19.8 Å². The Balaban J connectivity index is 2.86. The van der Waals surface area contributed by atoms with Crippen LogP contribution in [0.4, 0.5) is 11.4 Å². The van der Waals surface area contributed by atoms with Gasteiger partial charge in [0.25, 0.3) is 0 Å². The van der Waals surface area contributed by atoms with Crippen LogP contribution < -0.4 is 10.6 Å². The lowest BCUT2D eigenvalue weighted by atomic mass is 10.1. The van der Waals surface area contributed by atoms with Gasteiger partial charge in [-0.25, -0.2) is 0 Å². The molecule has 5 nitrogen and oxygen atoms in total. The molecule has 0 spiro atoms. The van der Waals surface area contributed by atoms with Crippen LogP contribution in [-0.2, 0) is 11.3 Å². The molecule has 0 amide bonds. The first-order chi connectivity index (χ1) is 8.33. The summed E-state index contributed by atoms with van der Waals surface area (Å²) in [6.45, 7) is 1.64. The van der Waals surface area contributed by atoms with E-state index in [9.17, 15) is 0 Å². The van der Waals surface area contributed by atoms with Crippen molar-refractivity contribution in [3.05, 3.63) is 23.8 Å². The topological polar surface area (TPSA) is 73.8 Å². The molecule has 0 atom stereocenters. The molecule has 17 heavy (non-hydrogen) atoms. The number of benzene rings is 1. The van der Waals surface area contributed by atoms with E-state index in [4.69, 9.17) is 14.9 Å². The van der Waals surface area contributed by atoms with Gasteiger partial charge >= 0.3 is 0 Å². The zero-order chi connectivity index (χ0) is 12.5. The molecular weight excluding hydrogens is 220 g/mol. The Bertz CT molecular complexity index is 305. The van der Waals surface area contributed by atoms with Gasteiger partial charge in [0.15, 0.2) is 0 Å². The van der Waals surface area contributed by atoms with Crippen molar-refractivity contribution in [3.8, 4) is 0 Å². The van der Waals surface area contributed by atoms with Gasteiger partial charge in [0.1, 0.15) is 0 Å². The summed E-state index contributed by atoms with van der Waals surface area (Å²) in [7, 11) is 1.64. The molecule has 0 fully saturated rings. The van der Waals surface area contributed by atoms with Gasteiger partial charge in [-0.15, -0.1) is 0 Å². The van der Waals surface area contributed by atoms with Crippen molar-refractivity contribution >= 4 is 11.4 Å². The average Bonchev–Trinajstić information content (AvgIpc) is 2.36. The fourth-order valence-corrected chi connectivity index (χ4v) is 1.60. The van der Waals surface area contributed by atoms with E-state index in [0.29, 0.717) is 19.7 Å². The summed E-state index contributed by atoms with van der Waals surface area (Å²) in [5.74, 6) is 0. The first-order valence-electron chi connectivity index (χ1n) is 5.63. The van der Waals surface area contributed by atoms with E-state index in [1.807, 2.05) is 18.2 Å². The monoisotopic (exact) mass is 240 g/mol. The van der Waals surface area contributed by atoms with Crippen molar-refractivity contribution < 1.29 is 14.9 Å². The van der Waals surface area contributed by atoms with Crippen molar-refractivity contribution in [1.29, 1.82) is 0 Å². The van der Waals surface area contributed by atoms with Crippen molar-refractivity contribution in [2.75, 3.05) is 44.0 Å². The molecule has 0 aliphatic heterocycles. The maximum absolute atomic E-state index is 8.82. The second-order valence-electron chi connectivity index (χ2n) is 3.57. The number of aliphatic hydroxyl groups excluding tert-OH is 2. The molecule has 0 heterocycles. The number of nitrogens with one attached hydrogen (secondary N) is 2. The molecule has 1 aromatic rings. The molecule has 0 saturated carbocycles. The van der Waals surface area contributed by atoms with Crippen molar-refractivity contribution in [3.63, 3.8) is 0 Å². The van der Waals surface area contributed by atoms with Crippen LogP contribution in [0.15, 0.2) is 18.2 Å². The molecule has 1 aromatic carbocycles. The highest BCUT2D eigenvalue weighted by Gasteiger charge is 2.07. The SMILES string of the molecule is COCc1c(NCCO)cccc1NCCO. The van der Waals surface area contributed by atoms with Gasteiger partial charge in [-0.2, -0.15) is 0 Å². The molecule has 1 rings (SSSR count). The van der Waals surface area contributed by atoms with Gasteiger partial charge in [0.2, 0.25) is 0 Å². The Hall–Kier alpha value is -1.30. The first-order valence-corrected chi connectivity index (χ1v) is 5.63. The van der Waals surface area contributed by atoms with Crippen molar-refractivity contribution in [2.24, 2.45) is 0 Å². The minimum Gasteiger partial charge on any atom is -0.395 e. The molecule has 0 saturated heterocycles. The predicted molar refractivity (Wildman–Crippen MR) is 68.3 cm³/mol.